The van der Waals surface area contributed by atoms with Crippen molar-refractivity contribution in [2.45, 2.75) is 6.42 Å². The smallest absolute Gasteiger partial charge is 0.119 e. The summed E-state index contributed by atoms with van der Waals surface area (Å²) in [7, 11) is 0. The van der Waals surface area contributed by atoms with Crippen LogP contribution in [-0.2, 0) is 6.42 Å². The van der Waals surface area contributed by atoms with Gasteiger partial charge in [-0.05, 0) is 52.7 Å². The molecule has 0 saturated heterocycles. The van der Waals surface area contributed by atoms with Gasteiger partial charge in [0.05, 0.1) is 6.61 Å². The van der Waals surface area contributed by atoms with E-state index in [-0.39, 0.29) is 0 Å². The molecule has 2 N–H and O–H groups in total. The molecule has 0 fully saturated rings. The Bertz CT molecular complexity index is 753. The summed E-state index contributed by atoms with van der Waals surface area (Å²) in [5.74, 6) is 0.903. The number of ether oxygens (including phenoxy) is 1. The molecule has 106 valence electrons. The number of hydrogen-bond donors (Lipinski definition) is 1. The fourth-order valence-corrected chi connectivity index (χ4v) is 2.63. The average molecular weight is 342 g/mol. The first kappa shape index (κ1) is 14.0. The summed E-state index contributed by atoms with van der Waals surface area (Å²) in [6.45, 7) is 0.659. The molecule has 0 heterocycles. The zero-order valence-corrected chi connectivity index (χ0v) is 13.1. The summed E-state index contributed by atoms with van der Waals surface area (Å²) in [5, 5.41) is 2.39. The van der Waals surface area contributed by atoms with Crippen molar-refractivity contribution in [3.63, 3.8) is 0 Å². The topological polar surface area (TPSA) is 35.2 Å². The Kier molecular flexibility index (Phi) is 4.11. The Morgan fingerprint density at radius 1 is 0.857 bits per heavy atom. The summed E-state index contributed by atoms with van der Waals surface area (Å²) in [5.41, 5.74) is 7.70. The lowest BCUT2D eigenvalue weighted by Gasteiger charge is -2.08. The lowest BCUT2D eigenvalue weighted by Crippen LogP contribution is -2.01. The van der Waals surface area contributed by atoms with Gasteiger partial charge in [-0.3, -0.25) is 0 Å². The molecule has 0 bridgehead atoms. The van der Waals surface area contributed by atoms with E-state index in [9.17, 15) is 0 Å². The van der Waals surface area contributed by atoms with Crippen molar-refractivity contribution in [3.05, 3.63) is 70.7 Å². The van der Waals surface area contributed by atoms with Crippen molar-refractivity contribution in [1.82, 2.24) is 0 Å². The summed E-state index contributed by atoms with van der Waals surface area (Å²) in [4.78, 5) is 0. The standard InChI is InChI=1S/C18H16BrNO/c19-16-5-3-15-12-18(8-4-14(15)11-16)21-10-9-13-1-6-17(20)7-2-13/h1-8,11-12H,9-10,20H2. The van der Waals surface area contributed by atoms with E-state index < -0.39 is 0 Å². The van der Waals surface area contributed by atoms with Crippen LogP contribution in [0.2, 0.25) is 0 Å². The number of benzene rings is 3. The molecule has 3 aromatic carbocycles. The van der Waals surface area contributed by atoms with E-state index in [1.54, 1.807) is 0 Å². The number of rotatable bonds is 4. The Morgan fingerprint density at radius 2 is 1.57 bits per heavy atom. The van der Waals surface area contributed by atoms with Crippen molar-refractivity contribution >= 4 is 32.4 Å². The molecule has 3 aromatic rings. The normalized spacial score (nSPS) is 10.7. The third-order valence-corrected chi connectivity index (χ3v) is 3.91. The molecule has 0 aliphatic carbocycles. The Hall–Kier alpha value is -2.00. The number of halogens is 1. The van der Waals surface area contributed by atoms with Crippen molar-refractivity contribution in [2.75, 3.05) is 12.3 Å². The van der Waals surface area contributed by atoms with Crippen molar-refractivity contribution in [3.8, 4) is 5.75 Å². The van der Waals surface area contributed by atoms with E-state index in [2.05, 4.69) is 40.2 Å². The molecule has 0 aliphatic heterocycles. The molecule has 3 rings (SSSR count). The van der Waals surface area contributed by atoms with Gasteiger partial charge in [-0.2, -0.15) is 0 Å². The van der Waals surface area contributed by atoms with Crippen LogP contribution in [0.15, 0.2) is 65.1 Å². The molecule has 3 heteroatoms. The van der Waals surface area contributed by atoms with Crippen LogP contribution in [0.5, 0.6) is 5.75 Å². The first-order valence-corrected chi connectivity index (χ1v) is 7.66. The van der Waals surface area contributed by atoms with Gasteiger partial charge < -0.3 is 10.5 Å². The first-order valence-electron chi connectivity index (χ1n) is 6.87. The molecule has 0 amide bonds. The second-order valence-corrected chi connectivity index (χ2v) is 5.91. The highest BCUT2D eigenvalue weighted by atomic mass is 79.9. The van der Waals surface area contributed by atoms with Gasteiger partial charge in [-0.1, -0.05) is 40.2 Å². The number of fused-ring (bicyclic) bond motifs is 1. The number of nitrogens with two attached hydrogens (primary N) is 1. The van der Waals surface area contributed by atoms with Gasteiger partial charge in [-0.25, -0.2) is 0 Å². The molecule has 0 spiro atoms. The van der Waals surface area contributed by atoms with Crippen LogP contribution in [-0.4, -0.2) is 6.61 Å². The predicted octanol–water partition coefficient (Wildman–Crippen LogP) is 4.81. The molecule has 21 heavy (non-hydrogen) atoms. The largest absolute Gasteiger partial charge is 0.493 e. The van der Waals surface area contributed by atoms with Crippen LogP contribution >= 0.6 is 15.9 Å². The first-order chi connectivity index (χ1) is 10.2. The lowest BCUT2D eigenvalue weighted by atomic mass is 10.1. The third-order valence-electron chi connectivity index (χ3n) is 3.41. The highest BCUT2D eigenvalue weighted by Gasteiger charge is 1.99. The highest BCUT2D eigenvalue weighted by molar-refractivity contribution is 9.10. The molecular formula is C18H16BrNO. The quantitative estimate of drug-likeness (QED) is 0.691. The third kappa shape index (κ3) is 3.56. The number of nitrogen functional groups attached to an aromatic ring is 1. The zero-order chi connectivity index (χ0) is 14.7. The second kappa shape index (κ2) is 6.19. The summed E-state index contributed by atoms with van der Waals surface area (Å²) in [6.07, 6.45) is 0.874. The van der Waals surface area contributed by atoms with Gasteiger partial charge in [0.2, 0.25) is 0 Å². The van der Waals surface area contributed by atoms with Crippen LogP contribution < -0.4 is 10.5 Å². The maximum Gasteiger partial charge on any atom is 0.119 e. The molecule has 0 radical (unpaired) electrons. The van der Waals surface area contributed by atoms with Gasteiger partial charge in [-0.15, -0.1) is 0 Å². The molecule has 0 saturated carbocycles. The van der Waals surface area contributed by atoms with Gasteiger partial charge in [0, 0.05) is 16.6 Å². The monoisotopic (exact) mass is 341 g/mol. The highest BCUT2D eigenvalue weighted by Crippen LogP contribution is 2.24. The van der Waals surface area contributed by atoms with Crippen LogP contribution in [0.25, 0.3) is 10.8 Å². The molecule has 0 atom stereocenters. The Morgan fingerprint density at radius 3 is 2.38 bits per heavy atom. The summed E-state index contributed by atoms with van der Waals surface area (Å²) in [6, 6.07) is 20.3. The SMILES string of the molecule is Nc1ccc(CCOc2ccc3cc(Br)ccc3c2)cc1. The minimum Gasteiger partial charge on any atom is -0.493 e. The van der Waals surface area contributed by atoms with Crippen molar-refractivity contribution < 1.29 is 4.74 Å². The minimum atomic E-state index is 0.659. The Labute approximate surface area is 132 Å². The molecule has 2 nitrogen and oxygen atoms in total. The fourth-order valence-electron chi connectivity index (χ4n) is 2.26. The zero-order valence-electron chi connectivity index (χ0n) is 11.6. The van der Waals surface area contributed by atoms with Gasteiger partial charge >= 0.3 is 0 Å². The van der Waals surface area contributed by atoms with Crippen molar-refractivity contribution in [1.29, 1.82) is 0 Å². The fraction of sp³-hybridized carbons (Fsp3) is 0.111. The summed E-state index contributed by atoms with van der Waals surface area (Å²) >= 11 is 3.48. The maximum absolute atomic E-state index is 5.84. The van der Waals surface area contributed by atoms with E-state index in [1.807, 2.05) is 36.4 Å². The van der Waals surface area contributed by atoms with Gasteiger partial charge in [0.15, 0.2) is 0 Å². The molecule has 0 aliphatic rings. The van der Waals surface area contributed by atoms with Crippen LogP contribution in [0.3, 0.4) is 0 Å². The predicted molar refractivity (Wildman–Crippen MR) is 91.7 cm³/mol. The van der Waals surface area contributed by atoms with E-state index in [0.717, 1.165) is 22.3 Å². The minimum absolute atomic E-state index is 0.659. The molecular weight excluding hydrogens is 326 g/mol. The van der Waals surface area contributed by atoms with E-state index in [4.69, 9.17) is 10.5 Å². The summed E-state index contributed by atoms with van der Waals surface area (Å²) < 4.78 is 6.93. The maximum atomic E-state index is 5.84. The Balaban J connectivity index is 1.65. The second-order valence-electron chi connectivity index (χ2n) is 4.99. The van der Waals surface area contributed by atoms with E-state index >= 15 is 0 Å². The molecule has 0 unspecified atom stereocenters. The van der Waals surface area contributed by atoms with Gasteiger partial charge in [0.1, 0.15) is 5.75 Å². The van der Waals surface area contributed by atoms with Crippen LogP contribution in [0.1, 0.15) is 5.56 Å². The van der Waals surface area contributed by atoms with Crippen LogP contribution in [0, 0.1) is 0 Å². The lowest BCUT2D eigenvalue weighted by molar-refractivity contribution is 0.322. The average Bonchev–Trinajstić information content (AvgIpc) is 2.49. The van der Waals surface area contributed by atoms with E-state index in [0.29, 0.717) is 6.61 Å². The number of hydrogen-bond acceptors (Lipinski definition) is 2. The molecule has 0 aromatic heterocycles. The van der Waals surface area contributed by atoms with Crippen LogP contribution in [0.4, 0.5) is 5.69 Å². The van der Waals surface area contributed by atoms with Gasteiger partial charge in [0.25, 0.3) is 0 Å². The van der Waals surface area contributed by atoms with E-state index in [1.165, 1.54) is 16.3 Å². The number of anilines is 1. The van der Waals surface area contributed by atoms with Crippen molar-refractivity contribution in [2.24, 2.45) is 0 Å².